The van der Waals surface area contributed by atoms with Crippen molar-refractivity contribution in [2.75, 3.05) is 5.73 Å². The average Bonchev–Trinajstić information content (AvgIpc) is 2.89. The van der Waals surface area contributed by atoms with Crippen molar-refractivity contribution in [1.29, 1.82) is 0 Å². The van der Waals surface area contributed by atoms with Crippen LogP contribution in [-0.2, 0) is 6.42 Å². The number of anilines is 1. The van der Waals surface area contributed by atoms with Crippen molar-refractivity contribution in [2.45, 2.75) is 6.42 Å². The minimum atomic E-state index is 0.449. The molecule has 0 unspecified atom stereocenters. The molecule has 2 aromatic heterocycles. The minimum Gasteiger partial charge on any atom is -0.383 e. The molecule has 0 aliphatic carbocycles. The van der Waals surface area contributed by atoms with Gasteiger partial charge in [-0.25, -0.2) is 4.98 Å². The van der Waals surface area contributed by atoms with E-state index in [0.717, 1.165) is 17.7 Å². The van der Waals surface area contributed by atoms with Crippen molar-refractivity contribution in [3.05, 3.63) is 66.0 Å². The lowest BCUT2D eigenvalue weighted by molar-refractivity contribution is 0.425. The molecule has 0 spiro atoms. The summed E-state index contributed by atoms with van der Waals surface area (Å²) in [5.74, 6) is 1.10. The quantitative estimate of drug-likeness (QED) is 0.777. The largest absolute Gasteiger partial charge is 0.383 e. The van der Waals surface area contributed by atoms with Crippen molar-refractivity contribution in [3.8, 4) is 11.3 Å². The van der Waals surface area contributed by atoms with E-state index in [4.69, 9.17) is 10.3 Å². The van der Waals surface area contributed by atoms with E-state index in [1.54, 1.807) is 6.20 Å². The van der Waals surface area contributed by atoms with E-state index >= 15 is 0 Å². The van der Waals surface area contributed by atoms with Crippen molar-refractivity contribution in [2.24, 2.45) is 0 Å². The first-order chi connectivity index (χ1) is 9.33. The third-order valence-corrected chi connectivity index (χ3v) is 2.89. The zero-order valence-electron chi connectivity index (χ0n) is 10.3. The first-order valence-corrected chi connectivity index (χ1v) is 6.03. The number of benzene rings is 1. The molecule has 0 aliphatic heterocycles. The van der Waals surface area contributed by atoms with Gasteiger partial charge in [0.15, 0.2) is 5.76 Å². The molecule has 94 valence electrons. The summed E-state index contributed by atoms with van der Waals surface area (Å²) in [5, 5.41) is 4.07. The van der Waals surface area contributed by atoms with Gasteiger partial charge in [0.2, 0.25) is 0 Å². The van der Waals surface area contributed by atoms with Crippen LogP contribution in [0.15, 0.2) is 59.3 Å². The van der Waals surface area contributed by atoms with Crippen LogP contribution in [0, 0.1) is 0 Å². The number of nitrogen functional groups attached to an aromatic ring is 1. The molecule has 0 saturated carbocycles. The van der Waals surface area contributed by atoms with Crippen LogP contribution in [0.2, 0.25) is 0 Å². The maximum Gasteiger partial charge on any atom is 0.170 e. The summed E-state index contributed by atoms with van der Waals surface area (Å²) in [6.07, 6.45) is 2.39. The summed E-state index contributed by atoms with van der Waals surface area (Å²) in [7, 11) is 0. The van der Waals surface area contributed by atoms with Gasteiger partial charge in [0.25, 0.3) is 0 Å². The first-order valence-electron chi connectivity index (χ1n) is 6.03. The fourth-order valence-electron chi connectivity index (χ4n) is 1.95. The van der Waals surface area contributed by atoms with Crippen LogP contribution >= 0.6 is 0 Å². The van der Waals surface area contributed by atoms with Gasteiger partial charge in [0, 0.05) is 18.7 Å². The average molecular weight is 251 g/mol. The van der Waals surface area contributed by atoms with Crippen LogP contribution in [0.1, 0.15) is 11.3 Å². The first kappa shape index (κ1) is 11.5. The van der Waals surface area contributed by atoms with E-state index in [9.17, 15) is 0 Å². The summed E-state index contributed by atoms with van der Waals surface area (Å²) in [6, 6.07) is 15.7. The zero-order chi connectivity index (χ0) is 13.1. The Hall–Kier alpha value is -2.62. The van der Waals surface area contributed by atoms with Crippen LogP contribution < -0.4 is 5.73 Å². The number of hydrogen-bond acceptors (Lipinski definition) is 4. The monoisotopic (exact) mass is 251 g/mol. The van der Waals surface area contributed by atoms with Gasteiger partial charge < -0.3 is 10.3 Å². The molecular weight excluding hydrogens is 238 g/mol. The number of nitrogens with two attached hydrogens (primary N) is 1. The van der Waals surface area contributed by atoms with Crippen LogP contribution in [0.25, 0.3) is 11.3 Å². The minimum absolute atomic E-state index is 0.449. The molecule has 0 fully saturated rings. The zero-order valence-corrected chi connectivity index (χ0v) is 10.3. The second-order valence-electron chi connectivity index (χ2n) is 4.28. The van der Waals surface area contributed by atoms with E-state index in [1.807, 2.05) is 36.4 Å². The van der Waals surface area contributed by atoms with Crippen molar-refractivity contribution in [3.63, 3.8) is 0 Å². The number of aromatic nitrogens is 2. The van der Waals surface area contributed by atoms with E-state index in [2.05, 4.69) is 22.3 Å². The summed E-state index contributed by atoms with van der Waals surface area (Å²) in [6.45, 7) is 0. The molecule has 2 N–H and O–H groups in total. The fourth-order valence-corrected chi connectivity index (χ4v) is 1.95. The fraction of sp³-hybridized carbons (Fsp3) is 0.0667. The standard InChI is InChI=1S/C15H13N3O/c16-15-13(7-4-8-17-15)14-10-12(18-19-14)9-11-5-2-1-3-6-11/h1-8,10H,9H2,(H2,16,17). The maximum absolute atomic E-state index is 5.82. The Morgan fingerprint density at radius 3 is 2.68 bits per heavy atom. The molecule has 4 nitrogen and oxygen atoms in total. The Balaban J connectivity index is 1.86. The normalized spacial score (nSPS) is 10.5. The third-order valence-electron chi connectivity index (χ3n) is 2.89. The number of pyridine rings is 1. The molecule has 0 radical (unpaired) electrons. The lowest BCUT2D eigenvalue weighted by atomic mass is 10.1. The van der Waals surface area contributed by atoms with E-state index in [-0.39, 0.29) is 0 Å². The molecular formula is C15H13N3O. The Labute approximate surface area is 110 Å². The van der Waals surface area contributed by atoms with Crippen molar-refractivity contribution in [1.82, 2.24) is 10.1 Å². The highest BCUT2D eigenvalue weighted by Gasteiger charge is 2.10. The van der Waals surface area contributed by atoms with Gasteiger partial charge in [-0.15, -0.1) is 0 Å². The Morgan fingerprint density at radius 1 is 1.05 bits per heavy atom. The van der Waals surface area contributed by atoms with Crippen molar-refractivity contribution < 1.29 is 4.52 Å². The maximum atomic E-state index is 5.82. The molecule has 1 aromatic carbocycles. The van der Waals surface area contributed by atoms with Crippen LogP contribution in [-0.4, -0.2) is 10.1 Å². The molecule has 3 aromatic rings. The van der Waals surface area contributed by atoms with E-state index in [0.29, 0.717) is 11.6 Å². The molecule has 0 aliphatic rings. The van der Waals surface area contributed by atoms with Gasteiger partial charge in [-0.2, -0.15) is 0 Å². The van der Waals surface area contributed by atoms with Crippen molar-refractivity contribution >= 4 is 5.82 Å². The molecule has 0 amide bonds. The summed E-state index contributed by atoms with van der Waals surface area (Å²) >= 11 is 0. The Morgan fingerprint density at radius 2 is 1.89 bits per heavy atom. The van der Waals surface area contributed by atoms with Crippen LogP contribution in [0.5, 0.6) is 0 Å². The van der Waals surface area contributed by atoms with Crippen LogP contribution in [0.3, 0.4) is 0 Å². The number of nitrogens with zero attached hydrogens (tertiary/aromatic N) is 2. The summed E-state index contributed by atoms with van der Waals surface area (Å²) in [5.41, 5.74) is 8.66. The molecule has 2 heterocycles. The molecule has 3 rings (SSSR count). The summed E-state index contributed by atoms with van der Waals surface area (Å²) < 4.78 is 5.33. The highest BCUT2D eigenvalue weighted by molar-refractivity contribution is 5.69. The van der Waals surface area contributed by atoms with Crippen LogP contribution in [0.4, 0.5) is 5.82 Å². The molecule has 4 heteroatoms. The number of rotatable bonds is 3. The SMILES string of the molecule is Nc1ncccc1-c1cc(Cc2ccccc2)no1. The number of hydrogen-bond donors (Lipinski definition) is 1. The van der Waals surface area contributed by atoms with Gasteiger partial charge >= 0.3 is 0 Å². The van der Waals surface area contributed by atoms with Gasteiger partial charge in [0.05, 0.1) is 11.3 Å². The second kappa shape index (κ2) is 4.94. The predicted octanol–water partition coefficient (Wildman–Crippen LogP) is 2.91. The van der Waals surface area contributed by atoms with Gasteiger partial charge in [-0.1, -0.05) is 35.5 Å². The second-order valence-corrected chi connectivity index (χ2v) is 4.28. The Kier molecular flexibility index (Phi) is 2.98. The Bertz CT molecular complexity index is 677. The molecule has 0 saturated heterocycles. The third kappa shape index (κ3) is 2.47. The highest BCUT2D eigenvalue weighted by Crippen LogP contribution is 2.25. The highest BCUT2D eigenvalue weighted by atomic mass is 16.5. The summed E-state index contributed by atoms with van der Waals surface area (Å²) in [4.78, 5) is 4.04. The van der Waals surface area contributed by atoms with Gasteiger partial charge in [0.1, 0.15) is 5.82 Å². The molecule has 19 heavy (non-hydrogen) atoms. The smallest absolute Gasteiger partial charge is 0.170 e. The van der Waals surface area contributed by atoms with Gasteiger partial charge in [-0.3, -0.25) is 0 Å². The van der Waals surface area contributed by atoms with Gasteiger partial charge in [-0.05, 0) is 17.7 Å². The lowest BCUT2D eigenvalue weighted by Gasteiger charge is -1.97. The molecule has 0 atom stereocenters. The topological polar surface area (TPSA) is 64.9 Å². The molecule has 0 bridgehead atoms. The van der Waals surface area contributed by atoms with E-state index in [1.165, 1.54) is 5.56 Å². The lowest BCUT2D eigenvalue weighted by Crippen LogP contribution is -1.91. The predicted molar refractivity (Wildman–Crippen MR) is 73.4 cm³/mol. The van der Waals surface area contributed by atoms with E-state index < -0.39 is 0 Å².